The molecule has 1 atom stereocenters. The highest BCUT2D eigenvalue weighted by Gasteiger charge is 2.22. The van der Waals surface area contributed by atoms with Crippen molar-refractivity contribution in [2.24, 2.45) is 0 Å². The molecule has 0 bridgehead atoms. The van der Waals surface area contributed by atoms with Crippen molar-refractivity contribution >= 4 is 39.9 Å². The Bertz CT molecular complexity index is 1730. The fourth-order valence-electron chi connectivity index (χ4n) is 3.77. The van der Waals surface area contributed by atoms with Crippen LogP contribution in [0, 0.1) is 0 Å². The van der Waals surface area contributed by atoms with Crippen LogP contribution in [0.3, 0.4) is 0 Å². The van der Waals surface area contributed by atoms with Crippen LogP contribution in [-0.2, 0) is 16.0 Å². The number of aromatic amines is 4. The third kappa shape index (κ3) is 6.05. The van der Waals surface area contributed by atoms with Crippen molar-refractivity contribution in [2.75, 3.05) is 7.11 Å². The highest BCUT2D eigenvalue weighted by atomic mass is 16.5. The van der Waals surface area contributed by atoms with E-state index in [1.165, 1.54) is 19.2 Å². The Labute approximate surface area is 213 Å². The number of hydrogen-bond acceptors (Lipinski definition) is 6. The number of esters is 1. The van der Waals surface area contributed by atoms with E-state index >= 15 is 0 Å². The molecule has 0 spiro atoms. The van der Waals surface area contributed by atoms with Gasteiger partial charge in [0.15, 0.2) is 0 Å². The molecule has 38 heavy (non-hydrogen) atoms. The number of methoxy groups -OCH3 is 1. The van der Waals surface area contributed by atoms with Crippen LogP contribution in [0.15, 0.2) is 76.3 Å². The summed E-state index contributed by atoms with van der Waals surface area (Å²) >= 11 is 0. The number of imidazole rings is 2. The SMILES string of the molecule is COC(=O)C(Cc1ccccc1)NC(=O)c1ccc2[nH]c(=O)[nH]c2c1.O=C(O)c1ccc2[nH]c(=O)[nH]c2c1. The maximum Gasteiger partial charge on any atom is 0.335 e. The number of amides is 1. The first-order chi connectivity index (χ1) is 18.2. The molecule has 194 valence electrons. The lowest BCUT2D eigenvalue weighted by molar-refractivity contribution is -0.142. The molecule has 1 amide bonds. The molecule has 3 aromatic carbocycles. The van der Waals surface area contributed by atoms with Crippen molar-refractivity contribution < 1.29 is 24.2 Å². The van der Waals surface area contributed by atoms with Gasteiger partial charge in [0.25, 0.3) is 5.91 Å². The van der Waals surface area contributed by atoms with E-state index < -0.39 is 23.9 Å². The van der Waals surface area contributed by atoms with E-state index in [1.54, 1.807) is 24.3 Å². The first kappa shape index (κ1) is 25.7. The number of rotatable bonds is 6. The van der Waals surface area contributed by atoms with Crippen molar-refractivity contribution in [3.63, 3.8) is 0 Å². The van der Waals surface area contributed by atoms with Gasteiger partial charge in [0.2, 0.25) is 0 Å². The summed E-state index contributed by atoms with van der Waals surface area (Å²) in [5.74, 6) is -1.95. The molecule has 12 heteroatoms. The Kier molecular flexibility index (Phi) is 7.52. The summed E-state index contributed by atoms with van der Waals surface area (Å²) in [7, 11) is 1.28. The molecule has 0 saturated carbocycles. The second-order valence-corrected chi connectivity index (χ2v) is 8.22. The van der Waals surface area contributed by atoms with Crippen molar-refractivity contribution in [1.82, 2.24) is 25.3 Å². The summed E-state index contributed by atoms with van der Waals surface area (Å²) in [6.45, 7) is 0. The van der Waals surface area contributed by atoms with Crippen LogP contribution in [0.2, 0.25) is 0 Å². The van der Waals surface area contributed by atoms with Gasteiger partial charge < -0.3 is 35.1 Å². The minimum Gasteiger partial charge on any atom is -0.478 e. The zero-order valence-corrected chi connectivity index (χ0v) is 20.0. The van der Waals surface area contributed by atoms with Crippen LogP contribution >= 0.6 is 0 Å². The van der Waals surface area contributed by atoms with E-state index in [-0.39, 0.29) is 16.9 Å². The molecular weight excluding hydrogens is 494 g/mol. The van der Waals surface area contributed by atoms with Gasteiger partial charge in [-0.2, -0.15) is 0 Å². The van der Waals surface area contributed by atoms with Gasteiger partial charge in [-0.15, -0.1) is 0 Å². The molecular formula is C26H23N5O7. The predicted octanol–water partition coefficient (Wildman–Crippen LogP) is 1.92. The summed E-state index contributed by atoms with van der Waals surface area (Å²) in [6, 6.07) is 17.7. The molecule has 0 saturated heterocycles. The number of fused-ring (bicyclic) bond motifs is 2. The number of carbonyl (C=O) groups is 3. The van der Waals surface area contributed by atoms with Crippen LogP contribution in [-0.4, -0.2) is 56.0 Å². The number of aromatic carboxylic acids is 1. The van der Waals surface area contributed by atoms with Crippen molar-refractivity contribution in [3.05, 3.63) is 104 Å². The normalized spacial score (nSPS) is 11.4. The van der Waals surface area contributed by atoms with Gasteiger partial charge in [0, 0.05) is 12.0 Å². The van der Waals surface area contributed by atoms with E-state index in [9.17, 15) is 24.0 Å². The van der Waals surface area contributed by atoms with Crippen LogP contribution in [0.1, 0.15) is 26.3 Å². The number of carboxylic acid groups (broad SMARTS) is 1. The summed E-state index contributed by atoms with van der Waals surface area (Å²) in [5, 5.41) is 11.3. The number of nitrogens with one attached hydrogen (secondary N) is 5. The quantitative estimate of drug-likeness (QED) is 0.185. The monoisotopic (exact) mass is 517 g/mol. The van der Waals surface area contributed by atoms with Gasteiger partial charge in [-0.3, -0.25) is 4.79 Å². The van der Waals surface area contributed by atoms with Crippen LogP contribution < -0.4 is 16.7 Å². The molecule has 1 unspecified atom stereocenters. The molecule has 5 rings (SSSR count). The maximum atomic E-state index is 12.5. The van der Waals surface area contributed by atoms with Gasteiger partial charge in [0.1, 0.15) is 6.04 Å². The Hall–Kier alpha value is -5.39. The summed E-state index contributed by atoms with van der Waals surface area (Å²) < 4.78 is 4.79. The largest absolute Gasteiger partial charge is 0.478 e. The van der Waals surface area contributed by atoms with E-state index in [2.05, 4.69) is 25.3 Å². The summed E-state index contributed by atoms with van der Waals surface area (Å²) in [5.41, 5.74) is 2.96. The van der Waals surface area contributed by atoms with Gasteiger partial charge in [-0.25, -0.2) is 19.2 Å². The highest BCUT2D eigenvalue weighted by Crippen LogP contribution is 2.12. The Morgan fingerprint density at radius 2 is 1.32 bits per heavy atom. The van der Waals surface area contributed by atoms with E-state index in [0.717, 1.165) is 5.56 Å². The number of benzene rings is 3. The standard InChI is InChI=1S/C18H17N3O4.C8H6N2O3/c1-25-17(23)15(9-11-5-3-2-4-6-11)19-16(22)12-7-8-13-14(10-12)21-18(24)20-13;11-7(12)4-1-2-5-6(3-4)10-8(13)9-5/h2-8,10,15H,9H2,1H3,(H,19,22)(H2,20,21,24);1-3H,(H,11,12)(H2,9,10,13). The zero-order valence-electron chi connectivity index (χ0n) is 20.0. The average Bonchev–Trinajstić information content (AvgIpc) is 3.47. The lowest BCUT2D eigenvalue weighted by Gasteiger charge is -2.16. The molecule has 0 radical (unpaired) electrons. The number of hydrogen-bond donors (Lipinski definition) is 6. The van der Waals surface area contributed by atoms with Crippen LogP contribution in [0.5, 0.6) is 0 Å². The first-order valence-electron chi connectivity index (χ1n) is 11.3. The molecule has 2 heterocycles. The van der Waals surface area contributed by atoms with Gasteiger partial charge >= 0.3 is 23.3 Å². The molecule has 6 N–H and O–H groups in total. The number of carbonyl (C=O) groups excluding carboxylic acids is 2. The first-order valence-corrected chi connectivity index (χ1v) is 11.3. The fraction of sp³-hybridized carbons (Fsp3) is 0.115. The number of carboxylic acids is 1. The Morgan fingerprint density at radius 3 is 1.87 bits per heavy atom. The fourth-order valence-corrected chi connectivity index (χ4v) is 3.77. The minimum atomic E-state index is -1.01. The Morgan fingerprint density at radius 1 is 0.789 bits per heavy atom. The zero-order chi connectivity index (χ0) is 27.2. The molecule has 0 fully saturated rings. The van der Waals surface area contributed by atoms with Crippen molar-refractivity contribution in [1.29, 1.82) is 0 Å². The second kappa shape index (κ2) is 11.1. The highest BCUT2D eigenvalue weighted by molar-refractivity contribution is 5.99. The molecule has 5 aromatic rings. The average molecular weight is 517 g/mol. The molecule has 2 aromatic heterocycles. The molecule has 0 aliphatic rings. The lowest BCUT2D eigenvalue weighted by Crippen LogP contribution is -2.43. The third-order valence-electron chi connectivity index (χ3n) is 5.61. The van der Waals surface area contributed by atoms with Crippen LogP contribution in [0.25, 0.3) is 22.1 Å². The summed E-state index contributed by atoms with van der Waals surface area (Å²) in [4.78, 5) is 67.4. The van der Waals surface area contributed by atoms with Gasteiger partial charge in [-0.1, -0.05) is 30.3 Å². The topological polar surface area (TPSA) is 190 Å². The van der Waals surface area contributed by atoms with E-state index in [1.807, 2.05) is 30.3 Å². The van der Waals surface area contributed by atoms with Crippen molar-refractivity contribution in [3.8, 4) is 0 Å². The van der Waals surface area contributed by atoms with Crippen molar-refractivity contribution in [2.45, 2.75) is 12.5 Å². The van der Waals surface area contributed by atoms with Crippen LogP contribution in [0.4, 0.5) is 0 Å². The lowest BCUT2D eigenvalue weighted by atomic mass is 10.1. The molecule has 0 aliphatic carbocycles. The second-order valence-electron chi connectivity index (χ2n) is 8.22. The number of ether oxygens (including phenoxy) is 1. The molecule has 0 aliphatic heterocycles. The number of H-pyrrole nitrogens is 4. The van der Waals surface area contributed by atoms with E-state index in [0.29, 0.717) is 34.1 Å². The Balaban J connectivity index is 0.000000216. The van der Waals surface area contributed by atoms with Gasteiger partial charge in [-0.05, 0) is 42.0 Å². The van der Waals surface area contributed by atoms with Gasteiger partial charge in [0.05, 0.1) is 34.7 Å². The number of aromatic nitrogens is 4. The minimum absolute atomic E-state index is 0.155. The predicted molar refractivity (Wildman–Crippen MR) is 138 cm³/mol. The third-order valence-corrected chi connectivity index (χ3v) is 5.61. The van der Waals surface area contributed by atoms with E-state index in [4.69, 9.17) is 9.84 Å². The smallest absolute Gasteiger partial charge is 0.335 e. The maximum absolute atomic E-state index is 12.5. The molecule has 12 nitrogen and oxygen atoms in total. The summed E-state index contributed by atoms with van der Waals surface area (Å²) in [6.07, 6.45) is 0.322.